The summed E-state index contributed by atoms with van der Waals surface area (Å²) in [6.07, 6.45) is 0. The molecule has 10 rings (SSSR count). The number of benzene rings is 8. The van der Waals surface area contributed by atoms with Crippen LogP contribution in [0.4, 0.5) is 34.1 Å². The molecule has 0 aliphatic rings. The fourth-order valence-corrected chi connectivity index (χ4v) is 7.47. The van der Waals surface area contributed by atoms with Gasteiger partial charge in [0.1, 0.15) is 5.69 Å². The number of fused-ring (bicyclic) bond motifs is 9. The maximum Gasteiger partial charge on any atom is 0.402 e. The van der Waals surface area contributed by atoms with Gasteiger partial charge in [0, 0.05) is 72.5 Å². The van der Waals surface area contributed by atoms with Crippen molar-refractivity contribution in [1.29, 1.82) is 0 Å². The average molecular weight is 705 g/mol. The topological polar surface area (TPSA) is 78.9 Å². The maximum absolute atomic E-state index is 6.74. The van der Waals surface area contributed by atoms with Crippen LogP contribution >= 0.6 is 0 Å². The Hall–Kier alpha value is -7.06. The Morgan fingerprint density at radius 2 is 1.02 bits per heavy atom. The first kappa shape index (κ1) is 31.7. The van der Waals surface area contributed by atoms with Gasteiger partial charge in [-0.1, -0.05) is 72.8 Å². The van der Waals surface area contributed by atoms with Crippen molar-refractivity contribution in [3.8, 4) is 0 Å². The van der Waals surface area contributed by atoms with Crippen LogP contribution in [0.5, 0.6) is 0 Å². The molecule has 0 saturated heterocycles. The smallest absolute Gasteiger partial charge is 0.377 e. The fraction of sp³-hybridized carbons (Fsp3) is 0.0870. The number of hydrogen-bond acceptors (Lipinski definition) is 6. The van der Waals surface area contributed by atoms with Gasteiger partial charge in [0.15, 0.2) is 22.1 Å². The first-order valence-electron chi connectivity index (χ1n) is 18.0. The summed E-state index contributed by atoms with van der Waals surface area (Å²) in [4.78, 5) is 14.4. The van der Waals surface area contributed by atoms with Crippen LogP contribution in [0.1, 0.15) is 0 Å². The van der Waals surface area contributed by atoms with Gasteiger partial charge in [0.05, 0.1) is 23.9 Å². The van der Waals surface area contributed by atoms with E-state index in [2.05, 4.69) is 117 Å². The molecule has 10 aromatic rings. The van der Waals surface area contributed by atoms with Gasteiger partial charge in [-0.05, 0) is 53.2 Å². The zero-order valence-electron chi connectivity index (χ0n) is 30.3. The van der Waals surface area contributed by atoms with Crippen molar-refractivity contribution >= 4 is 111 Å². The van der Waals surface area contributed by atoms with Gasteiger partial charge >= 0.3 is 22.3 Å². The highest BCUT2D eigenvalue weighted by Gasteiger charge is 2.24. The van der Waals surface area contributed by atoms with E-state index in [0.29, 0.717) is 11.2 Å². The molecule has 2 N–H and O–H groups in total. The van der Waals surface area contributed by atoms with E-state index in [1.807, 2.05) is 64.6 Å². The van der Waals surface area contributed by atoms with Gasteiger partial charge in [-0.3, -0.25) is 0 Å². The van der Waals surface area contributed by atoms with Crippen molar-refractivity contribution in [2.75, 3.05) is 48.6 Å². The molecule has 8 nitrogen and oxygen atoms in total. The lowest BCUT2D eigenvalue weighted by molar-refractivity contribution is 0.657. The molecule has 0 radical (unpaired) electrons. The van der Waals surface area contributed by atoms with Crippen molar-refractivity contribution in [2.45, 2.75) is 0 Å². The van der Waals surface area contributed by atoms with E-state index >= 15 is 0 Å². The Bertz CT molecular complexity index is 3140. The summed E-state index contributed by atoms with van der Waals surface area (Å²) in [5.74, 6) is 0. The van der Waals surface area contributed by atoms with Gasteiger partial charge in [0.2, 0.25) is 0 Å². The summed E-state index contributed by atoms with van der Waals surface area (Å²) < 4.78 is 13.3. The monoisotopic (exact) mass is 704 g/mol. The van der Waals surface area contributed by atoms with Crippen LogP contribution < -0.4 is 20.4 Å². The third-order valence-corrected chi connectivity index (χ3v) is 10.2. The molecule has 0 unspecified atom stereocenters. The highest BCUT2D eigenvalue weighted by Crippen LogP contribution is 2.41. The van der Waals surface area contributed by atoms with Crippen LogP contribution in [0.25, 0.3) is 76.7 Å². The summed E-state index contributed by atoms with van der Waals surface area (Å²) in [5.41, 5.74) is 11.9. The number of aromatic nitrogens is 2. The number of rotatable bonds is 6. The zero-order valence-corrected chi connectivity index (χ0v) is 30.3. The maximum atomic E-state index is 6.74. The van der Waals surface area contributed by atoms with Gasteiger partial charge in [0.25, 0.3) is 0 Å². The van der Waals surface area contributed by atoms with Gasteiger partial charge < -0.3 is 20.4 Å². The molecule has 260 valence electrons. The van der Waals surface area contributed by atoms with Crippen LogP contribution in [0.2, 0.25) is 0 Å². The quantitative estimate of drug-likeness (QED) is 0.101. The van der Waals surface area contributed by atoms with Crippen LogP contribution in [0, 0.1) is 0 Å². The van der Waals surface area contributed by atoms with Crippen molar-refractivity contribution < 1.29 is 8.83 Å². The molecule has 0 bridgehead atoms. The SMILES string of the molecule is CN(C)c1ccc2nc3c(cc(Nc4cccc5cccc(Nc6cc7ccccc7c7nc8ccc(N(C)C)cc8[o+]c67)c45)c4ccccc43)[o+]c2c1. The summed E-state index contributed by atoms with van der Waals surface area (Å²) in [6, 6.07) is 45.8. The largest absolute Gasteiger partial charge is 0.402 e. The molecule has 0 spiro atoms. The molecule has 8 heteroatoms. The van der Waals surface area contributed by atoms with Crippen molar-refractivity contribution in [3.63, 3.8) is 0 Å². The van der Waals surface area contributed by atoms with Crippen molar-refractivity contribution in [3.05, 3.63) is 133 Å². The normalized spacial score (nSPS) is 11.7. The lowest BCUT2D eigenvalue weighted by Crippen LogP contribution is -2.08. The molecular formula is C46H36N6O2+2. The standard InChI is InChI=1S/C46H36N6O2/c1-51(2)29-19-21-34-40(24-29)53-42-26-38(32-15-7-8-16-33(32)44(42)49-34)47-36-17-9-12-27-13-10-18-37(43(27)36)48-39-23-28-11-5-6-14-31(28)45-46(39)54-41-25-30(52(3)4)20-22-35(41)50-45/h5-26,47-48H,1-4H3/q+2. The summed E-state index contributed by atoms with van der Waals surface area (Å²) in [6.45, 7) is 0. The lowest BCUT2D eigenvalue weighted by atomic mass is 10.0. The summed E-state index contributed by atoms with van der Waals surface area (Å²) in [5, 5.41) is 13.9. The average Bonchev–Trinajstić information content (AvgIpc) is 3.19. The second-order valence-electron chi connectivity index (χ2n) is 14.1. The second kappa shape index (κ2) is 12.3. The molecular weight excluding hydrogens is 669 g/mol. The van der Waals surface area contributed by atoms with E-state index < -0.39 is 0 Å². The highest BCUT2D eigenvalue weighted by atomic mass is 16.3. The minimum Gasteiger partial charge on any atom is -0.377 e. The molecule has 0 fully saturated rings. The predicted molar refractivity (Wildman–Crippen MR) is 226 cm³/mol. The van der Waals surface area contributed by atoms with E-state index in [-0.39, 0.29) is 0 Å². The Kier molecular flexibility index (Phi) is 7.20. The molecule has 0 aliphatic heterocycles. The summed E-state index contributed by atoms with van der Waals surface area (Å²) in [7, 11) is 8.10. The Morgan fingerprint density at radius 1 is 0.444 bits per heavy atom. The minimum absolute atomic E-state index is 0.693. The number of hydrogen-bond donors (Lipinski definition) is 2. The van der Waals surface area contributed by atoms with E-state index in [1.54, 1.807) is 0 Å². The Balaban J connectivity index is 1.14. The lowest BCUT2D eigenvalue weighted by Gasteiger charge is -2.16. The molecule has 0 amide bonds. The van der Waals surface area contributed by atoms with Crippen LogP contribution in [0.3, 0.4) is 0 Å². The van der Waals surface area contributed by atoms with Crippen LogP contribution in [-0.4, -0.2) is 38.2 Å². The Labute approximate surface area is 310 Å². The summed E-state index contributed by atoms with van der Waals surface area (Å²) >= 11 is 0. The van der Waals surface area contributed by atoms with E-state index in [9.17, 15) is 0 Å². The van der Waals surface area contributed by atoms with E-state index in [4.69, 9.17) is 18.8 Å². The second-order valence-corrected chi connectivity index (χ2v) is 14.1. The first-order chi connectivity index (χ1) is 26.4. The Morgan fingerprint density at radius 3 is 1.70 bits per heavy atom. The third kappa shape index (κ3) is 5.22. The van der Waals surface area contributed by atoms with Crippen molar-refractivity contribution in [1.82, 2.24) is 9.97 Å². The van der Waals surface area contributed by atoms with Gasteiger partial charge in [-0.15, -0.1) is 0 Å². The third-order valence-electron chi connectivity index (χ3n) is 10.2. The van der Waals surface area contributed by atoms with Crippen LogP contribution in [-0.2, 0) is 0 Å². The number of nitrogens with zero attached hydrogens (tertiary/aromatic N) is 4. The number of nitrogens with one attached hydrogen (secondary N) is 2. The van der Waals surface area contributed by atoms with E-state index in [1.165, 1.54) is 0 Å². The predicted octanol–water partition coefficient (Wildman–Crippen LogP) is 11.9. The fourth-order valence-electron chi connectivity index (χ4n) is 7.47. The van der Waals surface area contributed by atoms with Gasteiger partial charge in [-0.2, -0.15) is 0 Å². The highest BCUT2D eigenvalue weighted by molar-refractivity contribution is 6.15. The molecule has 2 heterocycles. The molecule has 2 aromatic heterocycles. The van der Waals surface area contributed by atoms with E-state index in [0.717, 1.165) is 99.7 Å². The molecule has 8 aromatic carbocycles. The molecule has 0 saturated carbocycles. The van der Waals surface area contributed by atoms with Gasteiger partial charge in [-0.25, -0.2) is 18.8 Å². The molecule has 54 heavy (non-hydrogen) atoms. The number of anilines is 6. The zero-order chi connectivity index (χ0) is 36.5. The van der Waals surface area contributed by atoms with Crippen molar-refractivity contribution in [2.24, 2.45) is 0 Å². The molecule has 0 aliphatic carbocycles. The minimum atomic E-state index is 0.693. The van der Waals surface area contributed by atoms with Crippen LogP contribution in [0.15, 0.2) is 142 Å². The first-order valence-corrected chi connectivity index (χ1v) is 18.0. The molecule has 0 atom stereocenters.